The molecule has 2 aliphatic rings. The Labute approximate surface area is 179 Å². The van der Waals surface area contributed by atoms with Gasteiger partial charge in [-0.2, -0.15) is 0 Å². The fraction of sp³-hybridized carbons (Fsp3) is 0.364. The zero-order valence-electron chi connectivity index (χ0n) is 17.3. The van der Waals surface area contributed by atoms with Gasteiger partial charge >= 0.3 is 6.03 Å². The highest BCUT2D eigenvalue weighted by molar-refractivity contribution is 7.15. The van der Waals surface area contributed by atoms with Crippen LogP contribution in [-0.2, 0) is 0 Å². The molecule has 0 saturated carbocycles. The number of piperidine rings is 1. The minimum absolute atomic E-state index is 0.103. The van der Waals surface area contributed by atoms with Gasteiger partial charge in [0, 0.05) is 35.9 Å². The lowest BCUT2D eigenvalue weighted by atomic mass is 9.99. The van der Waals surface area contributed by atoms with Crippen molar-refractivity contribution in [1.82, 2.24) is 15.0 Å². The predicted molar refractivity (Wildman–Crippen MR) is 121 cm³/mol. The van der Waals surface area contributed by atoms with Gasteiger partial charge in [0.2, 0.25) is 0 Å². The Bertz CT molecular complexity index is 1110. The molecule has 0 aromatic carbocycles. The lowest BCUT2D eigenvalue weighted by molar-refractivity contribution is 0.252. The number of carbonyl (C=O) groups excluding carboxylic acids is 1. The summed E-state index contributed by atoms with van der Waals surface area (Å²) in [5.74, 6) is 0.717. The Balaban J connectivity index is 1.56. The van der Waals surface area contributed by atoms with E-state index in [-0.39, 0.29) is 12.1 Å². The largest absolute Gasteiger partial charge is 0.366 e. The van der Waals surface area contributed by atoms with Crippen LogP contribution in [0.1, 0.15) is 29.0 Å². The normalized spacial score (nSPS) is 17.6. The Kier molecular flexibility index (Phi) is 4.66. The van der Waals surface area contributed by atoms with Crippen LogP contribution in [0.2, 0.25) is 0 Å². The summed E-state index contributed by atoms with van der Waals surface area (Å²) in [6.45, 7) is 7.86. The number of nitrogens with one attached hydrogen (secondary N) is 1. The average molecular weight is 421 g/mol. The van der Waals surface area contributed by atoms with Gasteiger partial charge in [0.05, 0.1) is 23.1 Å². The van der Waals surface area contributed by atoms with Crippen molar-refractivity contribution < 1.29 is 4.79 Å². The lowest BCUT2D eigenvalue weighted by Crippen LogP contribution is -2.56. The number of thiazole rings is 1. The number of amides is 2. The molecule has 2 amide bonds. The third-order valence-corrected chi connectivity index (χ3v) is 6.95. The molecule has 5 heterocycles. The topological polar surface area (TPSA) is 74.2 Å². The summed E-state index contributed by atoms with van der Waals surface area (Å²) in [6.07, 6.45) is 5.65. The van der Waals surface area contributed by atoms with Gasteiger partial charge in [-0.25, -0.2) is 14.8 Å². The molecule has 3 aromatic rings. The quantitative estimate of drug-likeness (QED) is 0.658. The Morgan fingerprint density at radius 2 is 2.07 bits per heavy atom. The van der Waals surface area contributed by atoms with Gasteiger partial charge in [-0.1, -0.05) is 0 Å². The van der Waals surface area contributed by atoms with Crippen LogP contribution in [0.4, 0.5) is 21.4 Å². The number of hydrogen-bond acceptors (Lipinski definition) is 6. The third-order valence-electron chi connectivity index (χ3n) is 5.96. The number of urea groups is 1. The van der Waals surface area contributed by atoms with Crippen LogP contribution < -0.4 is 15.1 Å². The van der Waals surface area contributed by atoms with Crippen molar-refractivity contribution in [3.05, 3.63) is 46.7 Å². The van der Waals surface area contributed by atoms with Gasteiger partial charge in [0.1, 0.15) is 0 Å². The van der Waals surface area contributed by atoms with Gasteiger partial charge in [-0.3, -0.25) is 15.2 Å². The number of aromatic nitrogens is 3. The Morgan fingerprint density at radius 3 is 2.83 bits per heavy atom. The summed E-state index contributed by atoms with van der Waals surface area (Å²) < 4.78 is 0. The number of rotatable bonds is 2. The summed E-state index contributed by atoms with van der Waals surface area (Å²) in [7, 11) is 0. The molecule has 2 bridgehead atoms. The zero-order chi connectivity index (χ0) is 20.8. The van der Waals surface area contributed by atoms with E-state index < -0.39 is 0 Å². The molecule has 1 N–H and O–H groups in total. The van der Waals surface area contributed by atoms with Crippen molar-refractivity contribution in [2.24, 2.45) is 0 Å². The van der Waals surface area contributed by atoms with Crippen LogP contribution in [0, 0.1) is 20.8 Å². The summed E-state index contributed by atoms with van der Waals surface area (Å²) in [4.78, 5) is 32.4. The highest BCUT2D eigenvalue weighted by atomic mass is 32.1. The van der Waals surface area contributed by atoms with Gasteiger partial charge in [-0.15, -0.1) is 11.3 Å². The molecule has 3 aromatic heterocycles. The maximum Gasteiger partial charge on any atom is 0.329 e. The Morgan fingerprint density at radius 1 is 1.20 bits per heavy atom. The molecule has 154 valence electrons. The Hall–Kier alpha value is -3.00. The molecule has 7 nitrogen and oxygen atoms in total. The number of pyridine rings is 2. The fourth-order valence-corrected chi connectivity index (χ4v) is 5.05. The zero-order valence-corrected chi connectivity index (χ0v) is 18.2. The van der Waals surface area contributed by atoms with Crippen molar-refractivity contribution in [1.29, 1.82) is 0 Å². The van der Waals surface area contributed by atoms with Gasteiger partial charge in [0.25, 0.3) is 0 Å². The van der Waals surface area contributed by atoms with Crippen LogP contribution in [0.15, 0.2) is 30.6 Å². The number of carbonyl (C=O) groups is 1. The van der Waals surface area contributed by atoms with E-state index in [2.05, 4.69) is 26.3 Å². The second-order valence-electron chi connectivity index (χ2n) is 7.93. The second-order valence-corrected chi connectivity index (χ2v) is 9.14. The van der Waals surface area contributed by atoms with E-state index in [1.807, 2.05) is 44.0 Å². The van der Waals surface area contributed by atoms with Crippen molar-refractivity contribution in [2.45, 2.75) is 39.7 Å². The minimum atomic E-state index is -0.163. The highest BCUT2D eigenvalue weighted by Gasteiger charge is 2.38. The first-order valence-corrected chi connectivity index (χ1v) is 11.0. The van der Waals surface area contributed by atoms with Crippen molar-refractivity contribution in [2.75, 3.05) is 28.2 Å². The van der Waals surface area contributed by atoms with Crippen LogP contribution in [0.3, 0.4) is 0 Å². The molecular formula is C22H24N6OS. The fourth-order valence-electron chi connectivity index (χ4n) is 4.24. The van der Waals surface area contributed by atoms with E-state index in [1.165, 1.54) is 11.3 Å². The maximum absolute atomic E-state index is 13.4. The monoisotopic (exact) mass is 420 g/mol. The number of nitrogens with zero attached hydrogens (tertiary/aromatic N) is 5. The molecule has 0 radical (unpaired) electrons. The maximum atomic E-state index is 13.4. The SMILES string of the molecule is Cc1ccncc1-c1ccc2c(n1)N(C(=O)Nc1nc(C)c(C)s1)[C@H]1CCCN2C1. The van der Waals surface area contributed by atoms with E-state index in [1.54, 1.807) is 6.20 Å². The molecule has 2 aliphatic heterocycles. The molecule has 5 rings (SSSR count). The first kappa shape index (κ1) is 19.0. The van der Waals surface area contributed by atoms with Gasteiger partial charge in [-0.05, 0) is 57.4 Å². The standard InChI is InChI=1S/C22H24N6OS/c1-13-8-9-23-11-17(13)18-6-7-19-20(25-18)28(16-5-4-10-27(19)12-16)22(29)26-21-24-14(2)15(3)30-21/h6-9,11,16H,4-5,10,12H2,1-3H3,(H,24,26,29)/t16-/m0/s1. The van der Waals surface area contributed by atoms with Gasteiger partial charge in [0.15, 0.2) is 10.9 Å². The summed E-state index contributed by atoms with van der Waals surface area (Å²) >= 11 is 1.50. The highest BCUT2D eigenvalue weighted by Crippen LogP contribution is 2.40. The van der Waals surface area contributed by atoms with E-state index in [9.17, 15) is 4.79 Å². The van der Waals surface area contributed by atoms with E-state index in [4.69, 9.17) is 4.98 Å². The first-order chi connectivity index (χ1) is 14.5. The molecule has 1 saturated heterocycles. The number of hydrogen-bond donors (Lipinski definition) is 1. The molecule has 1 atom stereocenters. The third kappa shape index (κ3) is 3.21. The van der Waals surface area contributed by atoms with Crippen molar-refractivity contribution in [3.63, 3.8) is 0 Å². The second kappa shape index (κ2) is 7.36. The summed E-state index contributed by atoms with van der Waals surface area (Å²) in [5, 5.41) is 3.64. The average Bonchev–Trinajstić information content (AvgIpc) is 3.05. The van der Waals surface area contributed by atoms with E-state index >= 15 is 0 Å². The smallest absolute Gasteiger partial charge is 0.329 e. The van der Waals surface area contributed by atoms with Crippen molar-refractivity contribution in [3.8, 4) is 11.3 Å². The van der Waals surface area contributed by atoms with Crippen LogP contribution in [-0.4, -0.2) is 40.1 Å². The van der Waals surface area contributed by atoms with Crippen molar-refractivity contribution >= 4 is 34.0 Å². The van der Waals surface area contributed by atoms with Gasteiger partial charge < -0.3 is 4.90 Å². The molecule has 8 heteroatoms. The first-order valence-electron chi connectivity index (χ1n) is 10.2. The van der Waals surface area contributed by atoms with Crippen LogP contribution >= 0.6 is 11.3 Å². The van der Waals surface area contributed by atoms with Crippen LogP contribution in [0.5, 0.6) is 0 Å². The van der Waals surface area contributed by atoms with E-state index in [0.29, 0.717) is 10.9 Å². The number of aryl methyl sites for hydroxylation is 3. The summed E-state index contributed by atoms with van der Waals surface area (Å²) in [5.41, 5.74) is 4.89. The molecule has 0 aliphatic carbocycles. The molecule has 0 unspecified atom stereocenters. The minimum Gasteiger partial charge on any atom is -0.366 e. The predicted octanol–water partition coefficient (Wildman–Crippen LogP) is 4.55. The summed E-state index contributed by atoms with van der Waals surface area (Å²) in [6, 6.07) is 6.03. The van der Waals surface area contributed by atoms with E-state index in [0.717, 1.165) is 59.0 Å². The van der Waals surface area contributed by atoms with Crippen LogP contribution in [0.25, 0.3) is 11.3 Å². The number of fused-ring (bicyclic) bond motifs is 4. The lowest BCUT2D eigenvalue weighted by Gasteiger charge is -2.45. The molecular weight excluding hydrogens is 396 g/mol. The number of anilines is 3. The molecule has 0 spiro atoms. The molecule has 1 fully saturated rings. The molecule has 30 heavy (non-hydrogen) atoms.